The van der Waals surface area contributed by atoms with Gasteiger partial charge in [0.1, 0.15) is 18.8 Å². The average Bonchev–Trinajstić information content (AvgIpc) is 3.22. The molecule has 0 radical (unpaired) electrons. The first kappa shape index (κ1) is 31.7. The van der Waals surface area contributed by atoms with Crippen LogP contribution in [0.5, 0.6) is 0 Å². The molecule has 1 aliphatic heterocycles. The fourth-order valence-electron chi connectivity index (χ4n) is 6.52. The first-order chi connectivity index (χ1) is 25.2. The Balaban J connectivity index is 1.48. The number of allylic oxidation sites excluding steroid dienone is 1. The predicted octanol–water partition coefficient (Wildman–Crippen LogP) is 11.2. The quantitative estimate of drug-likeness (QED) is 0.151. The highest BCUT2D eigenvalue weighted by Crippen LogP contribution is 2.55. The fraction of sp³-hybridized carbons (Fsp3) is 0. The Morgan fingerprint density at radius 1 is 0.431 bits per heavy atom. The Morgan fingerprint density at radius 2 is 0.824 bits per heavy atom. The van der Waals surface area contributed by atoms with Crippen LogP contribution in [-0.2, 0) is 0 Å². The maximum atomic E-state index is 11.1. The van der Waals surface area contributed by atoms with E-state index in [9.17, 15) is 5.26 Å². The lowest BCUT2D eigenvalue weighted by Crippen LogP contribution is -2.26. The molecule has 0 saturated heterocycles. The molecule has 1 aliphatic rings. The molecule has 4 nitrogen and oxygen atoms in total. The smallest absolute Gasteiger partial charge is 0.159 e. The third kappa shape index (κ3) is 6.24. The maximum absolute atomic E-state index is 11.1. The van der Waals surface area contributed by atoms with Gasteiger partial charge in [0.15, 0.2) is 5.82 Å². The van der Waals surface area contributed by atoms with Crippen LogP contribution in [0, 0.1) is 11.3 Å². The van der Waals surface area contributed by atoms with Gasteiger partial charge >= 0.3 is 0 Å². The van der Waals surface area contributed by atoms with E-state index < -0.39 is 7.21 Å². The van der Waals surface area contributed by atoms with Gasteiger partial charge in [-0.2, -0.15) is 5.26 Å². The van der Waals surface area contributed by atoms with Crippen LogP contribution in [0.25, 0.3) is 22.3 Å². The zero-order valence-corrected chi connectivity index (χ0v) is 28.7. The van der Waals surface area contributed by atoms with Crippen molar-refractivity contribution in [3.8, 4) is 28.3 Å². The number of rotatable bonds is 8. The molecule has 0 aliphatic carbocycles. The van der Waals surface area contributed by atoms with Gasteiger partial charge in [0.2, 0.25) is 0 Å². The van der Waals surface area contributed by atoms with Crippen molar-refractivity contribution in [1.29, 1.82) is 5.26 Å². The van der Waals surface area contributed by atoms with E-state index in [-0.39, 0.29) is 0 Å². The van der Waals surface area contributed by atoms with E-state index in [1.54, 1.807) is 0 Å². The molecule has 0 N–H and O–H groups in total. The molecule has 242 valence electrons. The van der Waals surface area contributed by atoms with Crippen LogP contribution in [0.1, 0.15) is 5.56 Å². The summed E-state index contributed by atoms with van der Waals surface area (Å²) in [4.78, 5) is 2.15. The summed E-state index contributed by atoms with van der Waals surface area (Å²) < 4.78 is 11.3. The van der Waals surface area contributed by atoms with Crippen LogP contribution in [-0.4, -0.2) is 5.71 Å². The summed E-state index contributed by atoms with van der Waals surface area (Å²) in [6.07, 6.45) is 0. The zero-order chi connectivity index (χ0) is 34.5. The van der Waals surface area contributed by atoms with E-state index in [1.165, 1.54) is 0 Å². The minimum atomic E-state index is -2.90. The fourth-order valence-corrected chi connectivity index (χ4v) is 9.47. The molecule has 51 heavy (non-hydrogen) atoms. The topological polar surface area (TPSA) is 51.8 Å². The van der Waals surface area contributed by atoms with Gasteiger partial charge in [0, 0.05) is 27.5 Å². The SMILES string of the molecule is N#CC1=C(N(c2cccc(-c3ccccc3)c2)c2cccc(-c3ccccc3)c2)N=P(c2ccccc2)(c2ccccc2)N=C1c1ccccc1. The summed E-state index contributed by atoms with van der Waals surface area (Å²) in [7, 11) is -2.90. The Bertz CT molecular complexity index is 2340. The summed E-state index contributed by atoms with van der Waals surface area (Å²) in [6, 6.07) is 71.0. The lowest BCUT2D eigenvalue weighted by Gasteiger charge is -2.33. The molecule has 0 bridgehead atoms. The van der Waals surface area contributed by atoms with Crippen molar-refractivity contribution in [1.82, 2.24) is 0 Å². The predicted molar refractivity (Wildman–Crippen MR) is 213 cm³/mol. The summed E-state index contributed by atoms with van der Waals surface area (Å²) >= 11 is 0. The van der Waals surface area contributed by atoms with Gasteiger partial charge in [0.05, 0.1) is 5.71 Å². The molecule has 7 aromatic rings. The Hall–Kier alpha value is -6.53. The molecule has 0 amide bonds. The van der Waals surface area contributed by atoms with Crippen LogP contribution >= 0.6 is 7.21 Å². The summed E-state index contributed by atoms with van der Waals surface area (Å²) in [5.74, 6) is 0.558. The van der Waals surface area contributed by atoms with Gasteiger partial charge < -0.3 is 0 Å². The third-order valence-corrected chi connectivity index (χ3v) is 12.0. The van der Waals surface area contributed by atoms with Crippen molar-refractivity contribution in [2.45, 2.75) is 0 Å². The van der Waals surface area contributed by atoms with E-state index >= 15 is 0 Å². The first-order valence-electron chi connectivity index (χ1n) is 16.9. The van der Waals surface area contributed by atoms with Crippen LogP contribution in [0.4, 0.5) is 11.4 Å². The Morgan fingerprint density at radius 3 is 1.25 bits per heavy atom. The number of nitrogens with zero attached hydrogens (tertiary/aromatic N) is 4. The Kier molecular flexibility index (Phi) is 8.79. The molecule has 1 heterocycles. The number of anilines is 2. The summed E-state index contributed by atoms with van der Waals surface area (Å²) in [5.41, 5.74) is 8.04. The largest absolute Gasteiger partial charge is 0.294 e. The first-order valence-corrected chi connectivity index (χ1v) is 18.6. The van der Waals surface area contributed by atoms with Gasteiger partial charge in [0.25, 0.3) is 0 Å². The van der Waals surface area contributed by atoms with E-state index in [1.807, 2.05) is 78.9 Å². The number of benzene rings is 7. The summed E-state index contributed by atoms with van der Waals surface area (Å²) in [6.45, 7) is 0. The van der Waals surface area contributed by atoms with Gasteiger partial charge in [-0.05, 0) is 46.5 Å². The van der Waals surface area contributed by atoms with Crippen molar-refractivity contribution in [2.24, 2.45) is 9.51 Å². The maximum Gasteiger partial charge on any atom is 0.159 e. The van der Waals surface area contributed by atoms with Crippen molar-refractivity contribution in [3.63, 3.8) is 0 Å². The Labute approximate surface area is 299 Å². The van der Waals surface area contributed by atoms with Crippen LogP contribution in [0.3, 0.4) is 0 Å². The molecule has 0 fully saturated rings. The van der Waals surface area contributed by atoms with E-state index in [4.69, 9.17) is 9.51 Å². The average molecular weight is 673 g/mol. The van der Waals surface area contributed by atoms with Gasteiger partial charge in [-0.15, -0.1) is 0 Å². The molecule has 7 aromatic carbocycles. The normalized spacial score (nSPS) is 13.4. The number of nitriles is 1. The molecule has 0 unspecified atom stereocenters. The summed E-state index contributed by atoms with van der Waals surface area (Å²) in [5, 5.41) is 13.2. The van der Waals surface area contributed by atoms with Crippen molar-refractivity contribution in [3.05, 3.63) is 217 Å². The standard InChI is InChI=1S/C46H33N4P/c47-34-44-45(37-22-10-3-11-23-37)48-51(42-28-12-4-13-29-42,43-30-14-5-15-31-43)49-46(44)50(40-26-16-24-38(32-40)35-18-6-1-7-19-35)41-27-17-25-39(33-41)36-20-8-2-9-21-36/h1-33H. The minimum Gasteiger partial charge on any atom is -0.294 e. The molecule has 0 spiro atoms. The van der Waals surface area contributed by atoms with Gasteiger partial charge in [-0.25, -0.2) is 9.51 Å². The molecular weight excluding hydrogens is 640 g/mol. The highest BCUT2D eigenvalue weighted by atomic mass is 31.2. The van der Waals surface area contributed by atoms with Gasteiger partial charge in [-0.1, -0.05) is 176 Å². The van der Waals surface area contributed by atoms with E-state index in [0.29, 0.717) is 17.1 Å². The highest BCUT2D eigenvalue weighted by molar-refractivity contribution is 7.80. The molecular formula is C46H33N4P. The van der Waals surface area contributed by atoms with Crippen molar-refractivity contribution >= 4 is 34.9 Å². The van der Waals surface area contributed by atoms with Crippen molar-refractivity contribution in [2.75, 3.05) is 4.90 Å². The number of hydrogen-bond donors (Lipinski definition) is 0. The lowest BCUT2D eigenvalue weighted by atomic mass is 10.0. The molecule has 5 heteroatoms. The lowest BCUT2D eigenvalue weighted by molar-refractivity contribution is 1.11. The second-order valence-corrected chi connectivity index (χ2v) is 14.8. The second-order valence-electron chi connectivity index (χ2n) is 12.2. The van der Waals surface area contributed by atoms with Crippen molar-refractivity contribution < 1.29 is 0 Å². The van der Waals surface area contributed by atoms with Crippen LogP contribution in [0.2, 0.25) is 0 Å². The molecule has 0 saturated carbocycles. The van der Waals surface area contributed by atoms with Gasteiger partial charge in [-0.3, -0.25) is 4.90 Å². The number of hydrogen-bond acceptors (Lipinski definition) is 4. The minimum absolute atomic E-state index is 0.416. The van der Waals surface area contributed by atoms with E-state index in [0.717, 1.165) is 49.8 Å². The monoisotopic (exact) mass is 672 g/mol. The van der Waals surface area contributed by atoms with Crippen LogP contribution in [0.15, 0.2) is 221 Å². The van der Waals surface area contributed by atoms with E-state index in [2.05, 4.69) is 132 Å². The molecule has 0 aromatic heterocycles. The third-order valence-electron chi connectivity index (χ3n) is 8.97. The zero-order valence-electron chi connectivity index (χ0n) is 27.8. The highest BCUT2D eigenvalue weighted by Gasteiger charge is 2.35. The van der Waals surface area contributed by atoms with Crippen LogP contribution < -0.4 is 15.5 Å². The second kappa shape index (κ2) is 14.1. The molecule has 8 rings (SSSR count). The molecule has 0 atom stereocenters.